The molecule has 5 aromatic heterocycles. The summed E-state index contributed by atoms with van der Waals surface area (Å²) >= 11 is 0. The third kappa shape index (κ3) is 6.59. The topological polar surface area (TPSA) is 167 Å². The van der Waals surface area contributed by atoms with E-state index in [4.69, 9.17) is 24.6 Å². The van der Waals surface area contributed by atoms with Gasteiger partial charge in [-0.25, -0.2) is 24.7 Å². The van der Waals surface area contributed by atoms with E-state index in [2.05, 4.69) is 19.9 Å². The number of fused-ring (bicyclic) bond motifs is 1. The number of likely N-dealkylation sites (N-methyl/N-ethyl adjacent to an activating group) is 1. The van der Waals surface area contributed by atoms with Gasteiger partial charge in [-0.3, -0.25) is 14.7 Å². The maximum absolute atomic E-state index is 12.4. The lowest BCUT2D eigenvalue weighted by atomic mass is 10.1. The molecule has 5 heterocycles. The van der Waals surface area contributed by atoms with Gasteiger partial charge in [-0.1, -0.05) is 0 Å². The number of rotatable bonds is 10. The number of pyridine rings is 2. The Bertz CT molecular complexity index is 1780. The summed E-state index contributed by atoms with van der Waals surface area (Å²) in [6, 6.07) is 7.15. The Hall–Kier alpha value is -5.53. The first-order chi connectivity index (χ1) is 21.0. The lowest BCUT2D eigenvalue weighted by molar-refractivity contribution is -0.107. The second-order valence-corrected chi connectivity index (χ2v) is 10.9. The van der Waals surface area contributed by atoms with E-state index in [1.54, 1.807) is 52.3 Å². The molecular weight excluding hydrogens is 566 g/mol. The number of nitrogen functional groups attached to an aromatic ring is 1. The molecule has 0 aliphatic carbocycles. The summed E-state index contributed by atoms with van der Waals surface area (Å²) < 4.78 is 18.8. The maximum atomic E-state index is 12.4. The maximum Gasteiger partial charge on any atom is 0.410 e. The van der Waals surface area contributed by atoms with Crippen molar-refractivity contribution in [2.24, 2.45) is 0 Å². The van der Waals surface area contributed by atoms with Gasteiger partial charge >= 0.3 is 6.09 Å². The molecule has 0 atom stereocenters. The van der Waals surface area contributed by atoms with E-state index >= 15 is 0 Å². The lowest BCUT2D eigenvalue weighted by Gasteiger charge is -2.25. The molecule has 44 heavy (non-hydrogen) atoms. The molecule has 2 N–H and O–H groups in total. The third-order valence-electron chi connectivity index (χ3n) is 6.46. The van der Waals surface area contributed by atoms with Gasteiger partial charge in [0.15, 0.2) is 17.3 Å². The number of hydrogen-bond acceptors (Lipinski definition) is 11. The third-order valence-corrected chi connectivity index (χ3v) is 6.46. The molecule has 5 aromatic rings. The van der Waals surface area contributed by atoms with Crippen LogP contribution in [0.25, 0.3) is 28.5 Å². The Balaban J connectivity index is 1.42. The zero-order valence-electron chi connectivity index (χ0n) is 25.1. The fourth-order valence-corrected chi connectivity index (χ4v) is 4.30. The molecule has 5 rings (SSSR count). The van der Waals surface area contributed by atoms with Gasteiger partial charge in [-0.2, -0.15) is 0 Å². The van der Waals surface area contributed by atoms with Gasteiger partial charge < -0.3 is 28.9 Å². The predicted octanol–water partition coefficient (Wildman–Crippen LogP) is 4.14. The number of carbonyl (C=O) groups is 2. The monoisotopic (exact) mass is 599 g/mol. The van der Waals surface area contributed by atoms with Crippen molar-refractivity contribution in [1.29, 1.82) is 0 Å². The van der Waals surface area contributed by atoms with Gasteiger partial charge in [-0.15, -0.1) is 0 Å². The Morgan fingerprint density at radius 1 is 1.11 bits per heavy atom. The van der Waals surface area contributed by atoms with Crippen LogP contribution in [0.3, 0.4) is 0 Å². The molecule has 0 fully saturated rings. The molecule has 228 valence electrons. The first-order valence-electron chi connectivity index (χ1n) is 13.8. The van der Waals surface area contributed by atoms with Crippen LogP contribution in [-0.4, -0.2) is 72.5 Å². The SMILES string of the molecule is Cc1cnc2ccc(-c3nc(N(C=O)Cc4ncccc4OCCN(C)C(=O)OC(C)(C)C)c(N)nc3-c3ncco3)cn12. The zero-order chi connectivity index (χ0) is 31.4. The average Bonchev–Trinajstić information content (AvgIpc) is 3.66. The summed E-state index contributed by atoms with van der Waals surface area (Å²) in [5.74, 6) is 0.768. The zero-order valence-corrected chi connectivity index (χ0v) is 25.1. The van der Waals surface area contributed by atoms with Crippen LogP contribution in [0, 0.1) is 6.92 Å². The van der Waals surface area contributed by atoms with Crippen LogP contribution >= 0.6 is 0 Å². The van der Waals surface area contributed by atoms with Gasteiger partial charge in [0, 0.05) is 36.9 Å². The Kier molecular flexibility index (Phi) is 8.42. The van der Waals surface area contributed by atoms with E-state index in [9.17, 15) is 9.59 Å². The van der Waals surface area contributed by atoms with Crippen LogP contribution in [0.1, 0.15) is 32.2 Å². The van der Waals surface area contributed by atoms with Gasteiger partial charge in [0.2, 0.25) is 12.3 Å². The highest BCUT2D eigenvalue weighted by atomic mass is 16.6. The van der Waals surface area contributed by atoms with Gasteiger partial charge in [0.05, 0.1) is 19.3 Å². The molecule has 0 aromatic carbocycles. The van der Waals surface area contributed by atoms with E-state index in [1.165, 1.54) is 22.3 Å². The Morgan fingerprint density at radius 3 is 2.66 bits per heavy atom. The predicted molar refractivity (Wildman–Crippen MR) is 162 cm³/mol. The molecule has 0 spiro atoms. The van der Waals surface area contributed by atoms with Crippen LogP contribution in [0.15, 0.2) is 59.7 Å². The molecule has 0 aliphatic heterocycles. The normalized spacial score (nSPS) is 11.4. The van der Waals surface area contributed by atoms with E-state index in [1.807, 2.05) is 29.7 Å². The molecule has 0 saturated carbocycles. The summed E-state index contributed by atoms with van der Waals surface area (Å²) in [6.45, 7) is 7.77. The quantitative estimate of drug-likeness (QED) is 0.229. The summed E-state index contributed by atoms with van der Waals surface area (Å²) in [5.41, 5.74) is 9.31. The number of imidazole rings is 1. The molecule has 14 heteroatoms. The average molecular weight is 600 g/mol. The minimum atomic E-state index is -0.608. The van der Waals surface area contributed by atoms with Crippen LogP contribution in [0.4, 0.5) is 16.4 Å². The van der Waals surface area contributed by atoms with E-state index < -0.39 is 11.7 Å². The molecule has 0 aliphatic rings. The van der Waals surface area contributed by atoms with Gasteiger partial charge in [-0.05, 0) is 52.0 Å². The number of carbonyl (C=O) groups excluding carboxylic acids is 2. The number of aromatic nitrogens is 6. The van der Waals surface area contributed by atoms with Crippen molar-refractivity contribution in [2.75, 3.05) is 30.8 Å². The Morgan fingerprint density at radius 2 is 1.93 bits per heavy atom. The molecule has 2 amide bonds. The van der Waals surface area contributed by atoms with Crippen LogP contribution in [-0.2, 0) is 16.1 Å². The van der Waals surface area contributed by atoms with Crippen molar-refractivity contribution in [3.05, 3.63) is 66.7 Å². The number of amides is 2. The molecule has 0 bridgehead atoms. The summed E-state index contributed by atoms with van der Waals surface area (Å²) in [4.78, 5) is 49.9. The number of oxazole rings is 1. The molecule has 0 saturated heterocycles. The molecule has 0 radical (unpaired) electrons. The van der Waals surface area contributed by atoms with Crippen molar-refractivity contribution in [3.63, 3.8) is 0 Å². The summed E-state index contributed by atoms with van der Waals surface area (Å²) in [5, 5.41) is 0. The van der Waals surface area contributed by atoms with Crippen LogP contribution < -0.4 is 15.4 Å². The van der Waals surface area contributed by atoms with Crippen molar-refractivity contribution in [3.8, 4) is 28.6 Å². The number of nitrogens with two attached hydrogens (primary N) is 1. The van der Waals surface area contributed by atoms with Crippen molar-refractivity contribution < 1.29 is 23.5 Å². The standard InChI is InChI=1S/C30H33N9O5/c1-19-15-34-23-9-8-20(16-39(19)23)24-25(28-33-11-13-43-28)35-26(31)27(36-24)38(18-40)17-21-22(7-6-10-32-21)42-14-12-37(5)29(41)44-30(2,3)4/h6-11,13,15-16,18H,12,14,17H2,1-5H3,(H2,31,35). The van der Waals surface area contributed by atoms with Crippen LogP contribution in [0.2, 0.25) is 0 Å². The first-order valence-corrected chi connectivity index (χ1v) is 13.8. The molecule has 0 unspecified atom stereocenters. The van der Waals surface area contributed by atoms with Crippen LogP contribution in [0.5, 0.6) is 5.75 Å². The minimum Gasteiger partial charge on any atom is -0.490 e. The number of ether oxygens (including phenoxy) is 2. The highest BCUT2D eigenvalue weighted by Gasteiger charge is 2.24. The van der Waals surface area contributed by atoms with E-state index in [0.29, 0.717) is 34.8 Å². The molecular formula is C30H33N9O5. The summed E-state index contributed by atoms with van der Waals surface area (Å²) in [7, 11) is 1.63. The van der Waals surface area contributed by atoms with E-state index in [0.717, 1.165) is 11.3 Å². The van der Waals surface area contributed by atoms with Crippen molar-refractivity contribution >= 4 is 29.8 Å². The van der Waals surface area contributed by atoms with E-state index in [-0.39, 0.29) is 37.2 Å². The van der Waals surface area contributed by atoms with Gasteiger partial charge in [0.1, 0.15) is 41.3 Å². The minimum absolute atomic E-state index is 0.00803. The smallest absolute Gasteiger partial charge is 0.410 e. The fourth-order valence-electron chi connectivity index (χ4n) is 4.30. The highest BCUT2D eigenvalue weighted by Crippen LogP contribution is 2.34. The number of nitrogens with zero attached hydrogens (tertiary/aromatic N) is 8. The Labute approximate surface area is 253 Å². The lowest BCUT2D eigenvalue weighted by Crippen LogP contribution is -2.36. The van der Waals surface area contributed by atoms with Crippen molar-refractivity contribution in [1.82, 2.24) is 34.2 Å². The highest BCUT2D eigenvalue weighted by molar-refractivity contribution is 5.84. The number of anilines is 2. The van der Waals surface area contributed by atoms with Gasteiger partial charge in [0.25, 0.3) is 0 Å². The van der Waals surface area contributed by atoms with Crippen molar-refractivity contribution in [2.45, 2.75) is 39.8 Å². The first kappa shape index (κ1) is 29.9. The largest absolute Gasteiger partial charge is 0.490 e. The fraction of sp³-hybridized carbons (Fsp3) is 0.300. The number of hydrogen-bond donors (Lipinski definition) is 1. The number of aryl methyl sites for hydroxylation is 1. The summed E-state index contributed by atoms with van der Waals surface area (Å²) in [6.07, 6.45) is 8.31. The second kappa shape index (κ2) is 12.4. The second-order valence-electron chi connectivity index (χ2n) is 10.9. The molecule has 14 nitrogen and oxygen atoms in total.